The molecule has 0 aliphatic carbocycles. The van der Waals surface area contributed by atoms with Crippen LogP contribution in [-0.4, -0.2) is 54.0 Å². The molecule has 2 aromatic rings. The molecule has 1 aliphatic heterocycles. The van der Waals surface area contributed by atoms with E-state index in [1.807, 2.05) is 54.6 Å². The molecule has 1 saturated heterocycles. The number of halogens is 3. The molecule has 0 radical (unpaired) electrons. The molecular formula is C25H28Cl3NO7. The lowest BCUT2D eigenvalue weighted by Crippen LogP contribution is -2.54. The predicted molar refractivity (Wildman–Crippen MR) is 136 cm³/mol. The smallest absolute Gasteiger partial charge is 0.302 e. The first-order valence-corrected chi connectivity index (χ1v) is 12.3. The van der Waals surface area contributed by atoms with Crippen LogP contribution in [0.3, 0.4) is 0 Å². The first-order chi connectivity index (χ1) is 17.2. The van der Waals surface area contributed by atoms with Gasteiger partial charge in [0.2, 0.25) is 12.2 Å². The van der Waals surface area contributed by atoms with E-state index in [0.717, 1.165) is 16.9 Å². The Morgan fingerprint density at radius 3 is 2.28 bits per heavy atom. The summed E-state index contributed by atoms with van der Waals surface area (Å²) in [6.07, 6.45) is -2.76. The summed E-state index contributed by atoms with van der Waals surface area (Å²) in [4.78, 5) is 11.4. The number of methoxy groups -OCH3 is 1. The minimum Gasteiger partial charge on any atom is -0.497 e. The molecule has 11 heteroatoms. The van der Waals surface area contributed by atoms with Crippen LogP contribution in [-0.2, 0) is 41.7 Å². The van der Waals surface area contributed by atoms with E-state index >= 15 is 0 Å². The maximum absolute atomic E-state index is 11.4. The molecule has 0 bridgehead atoms. The zero-order chi connectivity index (χ0) is 26.1. The zero-order valence-corrected chi connectivity index (χ0v) is 22.1. The molecule has 0 spiro atoms. The fourth-order valence-electron chi connectivity index (χ4n) is 3.53. The molecular weight excluding hydrogens is 533 g/mol. The first-order valence-electron chi connectivity index (χ1n) is 11.2. The van der Waals surface area contributed by atoms with Gasteiger partial charge in [0.05, 0.1) is 32.5 Å². The van der Waals surface area contributed by atoms with Gasteiger partial charge in [0.15, 0.2) is 0 Å². The van der Waals surface area contributed by atoms with Crippen molar-refractivity contribution in [2.45, 2.75) is 55.0 Å². The maximum Gasteiger partial charge on any atom is 0.302 e. The average molecular weight is 561 g/mol. The third-order valence-corrected chi connectivity index (χ3v) is 5.84. The number of ether oxygens (including phenoxy) is 6. The molecule has 2 aromatic carbocycles. The van der Waals surface area contributed by atoms with Gasteiger partial charge in [0.25, 0.3) is 3.79 Å². The van der Waals surface area contributed by atoms with Gasteiger partial charge >= 0.3 is 5.97 Å². The van der Waals surface area contributed by atoms with Crippen molar-refractivity contribution in [1.29, 1.82) is 5.41 Å². The van der Waals surface area contributed by atoms with Crippen LogP contribution in [0.5, 0.6) is 5.75 Å². The second-order valence-corrected chi connectivity index (χ2v) is 10.3. The fraction of sp³-hybridized carbons (Fsp3) is 0.440. The van der Waals surface area contributed by atoms with E-state index in [-0.39, 0.29) is 13.2 Å². The highest BCUT2D eigenvalue weighted by atomic mass is 35.6. The molecule has 36 heavy (non-hydrogen) atoms. The monoisotopic (exact) mass is 559 g/mol. The molecule has 2 unspecified atom stereocenters. The quantitative estimate of drug-likeness (QED) is 0.184. The van der Waals surface area contributed by atoms with E-state index < -0.39 is 40.3 Å². The number of hydrogen-bond donors (Lipinski definition) is 1. The van der Waals surface area contributed by atoms with E-state index in [1.54, 1.807) is 7.11 Å². The number of hydrogen-bond acceptors (Lipinski definition) is 8. The standard InChI is InChI=1S/C25H28Cl3NO7/c1-16(30)32-15-20-12-21(33-13-17-6-4-3-5-7-17)22(23(35-20)36-24(29)25(26,27)28)34-14-18-8-10-19(31-2)11-9-18/h3-11,20-23,29H,12-15H2,1-2H3/t20?,21-,22?,23+/m1/s1. The zero-order valence-electron chi connectivity index (χ0n) is 19.8. The number of esters is 1. The molecule has 1 heterocycles. The van der Waals surface area contributed by atoms with Gasteiger partial charge in [0, 0.05) is 13.3 Å². The normalized spacial score (nSPS) is 22.0. The van der Waals surface area contributed by atoms with Gasteiger partial charge < -0.3 is 28.4 Å². The minimum absolute atomic E-state index is 0.0350. The fourth-order valence-corrected chi connectivity index (χ4v) is 3.66. The van der Waals surface area contributed by atoms with Crippen molar-refractivity contribution < 1.29 is 33.2 Å². The van der Waals surface area contributed by atoms with Crippen LogP contribution in [0.4, 0.5) is 0 Å². The van der Waals surface area contributed by atoms with E-state index in [0.29, 0.717) is 13.0 Å². The molecule has 4 atom stereocenters. The second kappa shape index (κ2) is 13.5. The predicted octanol–water partition coefficient (Wildman–Crippen LogP) is 5.21. The number of nitrogens with one attached hydrogen (secondary N) is 1. The molecule has 196 valence electrons. The van der Waals surface area contributed by atoms with Gasteiger partial charge in [0.1, 0.15) is 18.5 Å². The molecule has 1 N–H and O–H groups in total. The lowest BCUT2D eigenvalue weighted by Gasteiger charge is -2.41. The van der Waals surface area contributed by atoms with Crippen molar-refractivity contribution in [3.8, 4) is 5.75 Å². The molecule has 3 rings (SSSR count). The van der Waals surface area contributed by atoms with Crippen LogP contribution in [0.1, 0.15) is 24.5 Å². The highest BCUT2D eigenvalue weighted by Crippen LogP contribution is 2.33. The van der Waals surface area contributed by atoms with E-state index in [9.17, 15) is 4.79 Å². The Morgan fingerprint density at radius 1 is 1.03 bits per heavy atom. The molecule has 0 saturated carbocycles. The van der Waals surface area contributed by atoms with Crippen LogP contribution in [0.15, 0.2) is 54.6 Å². The Labute approximate surface area is 225 Å². The highest BCUT2D eigenvalue weighted by Gasteiger charge is 2.44. The van der Waals surface area contributed by atoms with Crippen LogP contribution in [0.2, 0.25) is 0 Å². The minimum atomic E-state index is -2.10. The molecule has 1 fully saturated rings. The van der Waals surface area contributed by atoms with Crippen LogP contribution < -0.4 is 4.74 Å². The van der Waals surface area contributed by atoms with Crippen LogP contribution in [0, 0.1) is 5.41 Å². The van der Waals surface area contributed by atoms with Gasteiger partial charge in [-0.1, -0.05) is 77.3 Å². The lowest BCUT2D eigenvalue weighted by atomic mass is 10.0. The molecule has 8 nitrogen and oxygen atoms in total. The summed E-state index contributed by atoms with van der Waals surface area (Å²) in [6.45, 7) is 1.76. The van der Waals surface area contributed by atoms with Crippen molar-refractivity contribution in [1.82, 2.24) is 0 Å². The van der Waals surface area contributed by atoms with Crippen LogP contribution >= 0.6 is 34.8 Å². The van der Waals surface area contributed by atoms with Gasteiger partial charge in [-0.05, 0) is 23.3 Å². The van der Waals surface area contributed by atoms with E-state index in [2.05, 4.69) is 0 Å². The largest absolute Gasteiger partial charge is 0.497 e. The SMILES string of the molecule is COc1ccc(COC2[C@H](OC(=N)C(Cl)(Cl)Cl)OC(COC(C)=O)C[C@H]2OCc2ccccc2)cc1. The summed E-state index contributed by atoms with van der Waals surface area (Å²) < 4.78 is 32.3. The topological polar surface area (TPSA) is 96.3 Å². The molecule has 0 amide bonds. The first kappa shape index (κ1) is 28.5. The third-order valence-electron chi connectivity index (χ3n) is 5.33. The number of rotatable bonds is 10. The van der Waals surface area contributed by atoms with Gasteiger partial charge in [-0.15, -0.1) is 0 Å². The van der Waals surface area contributed by atoms with Gasteiger partial charge in [-0.25, -0.2) is 0 Å². The van der Waals surface area contributed by atoms with E-state index in [1.165, 1.54) is 6.92 Å². The summed E-state index contributed by atoms with van der Waals surface area (Å²) in [7, 11) is 1.59. The Balaban J connectivity index is 1.81. The summed E-state index contributed by atoms with van der Waals surface area (Å²) in [5.41, 5.74) is 1.83. The number of alkyl halides is 3. The van der Waals surface area contributed by atoms with Gasteiger partial charge in [-0.3, -0.25) is 10.2 Å². The number of carbonyl (C=O) groups excluding carboxylic acids is 1. The second-order valence-electron chi connectivity index (χ2n) is 8.07. The summed E-state index contributed by atoms with van der Waals surface area (Å²) in [5.74, 6) is -0.371. The van der Waals surface area contributed by atoms with Crippen molar-refractivity contribution >= 4 is 46.7 Å². The highest BCUT2D eigenvalue weighted by molar-refractivity contribution is 6.76. The summed E-state index contributed by atoms with van der Waals surface area (Å²) >= 11 is 17.5. The van der Waals surface area contributed by atoms with Crippen molar-refractivity contribution in [2.24, 2.45) is 0 Å². The maximum atomic E-state index is 11.4. The van der Waals surface area contributed by atoms with Crippen LogP contribution in [0.25, 0.3) is 0 Å². The number of benzene rings is 2. The summed E-state index contributed by atoms with van der Waals surface area (Å²) in [6, 6.07) is 17.0. The molecule has 0 aromatic heterocycles. The summed E-state index contributed by atoms with van der Waals surface area (Å²) in [5, 5.41) is 8.05. The van der Waals surface area contributed by atoms with Crippen molar-refractivity contribution in [3.63, 3.8) is 0 Å². The Morgan fingerprint density at radius 2 is 1.67 bits per heavy atom. The van der Waals surface area contributed by atoms with Crippen molar-refractivity contribution in [2.75, 3.05) is 13.7 Å². The molecule has 1 aliphatic rings. The van der Waals surface area contributed by atoms with E-state index in [4.69, 9.17) is 68.6 Å². The van der Waals surface area contributed by atoms with Crippen molar-refractivity contribution in [3.05, 3.63) is 65.7 Å². The number of carbonyl (C=O) groups is 1. The lowest BCUT2D eigenvalue weighted by molar-refractivity contribution is -0.271. The average Bonchev–Trinajstić information content (AvgIpc) is 2.85. The Hall–Kier alpha value is -2.07. The Kier molecular flexibility index (Phi) is 10.7. The third kappa shape index (κ3) is 8.80. The Bertz CT molecular complexity index is 985. The van der Waals surface area contributed by atoms with Gasteiger partial charge in [-0.2, -0.15) is 0 Å².